The Morgan fingerprint density at radius 2 is 2.11 bits per heavy atom. The number of anilines is 1. The summed E-state index contributed by atoms with van der Waals surface area (Å²) < 4.78 is 0.706. The first kappa shape index (κ1) is 15.9. The predicted octanol–water partition coefficient (Wildman–Crippen LogP) is 3.17. The average molecular weight is 330 g/mol. The number of nitrogens with two attached hydrogens (primary N) is 1. The zero-order valence-corrected chi connectivity index (χ0v) is 13.1. The zero-order valence-electron chi connectivity index (χ0n) is 11.5. The molecule has 1 aromatic carbocycles. The Morgan fingerprint density at radius 3 is 2.58 bits per heavy atom. The Morgan fingerprint density at radius 1 is 1.47 bits per heavy atom. The lowest BCUT2D eigenvalue weighted by molar-refractivity contribution is -0.384. The Kier molecular flexibility index (Phi) is 5.31. The molecule has 0 atom stereocenters. The fourth-order valence-corrected chi connectivity index (χ4v) is 2.21. The number of nitro benzene ring substituents is 1. The van der Waals surface area contributed by atoms with Crippen molar-refractivity contribution in [3.05, 3.63) is 32.8 Å². The molecule has 6 heteroatoms. The van der Waals surface area contributed by atoms with Crippen molar-refractivity contribution in [3.63, 3.8) is 0 Å². The SMILES string of the molecule is CCN(CC(C)(C)CN)c1ccc(Br)cc1[N+](=O)[O-]. The van der Waals surface area contributed by atoms with Crippen molar-refractivity contribution in [1.82, 2.24) is 0 Å². The Bertz CT molecular complexity index is 463. The van der Waals surface area contributed by atoms with E-state index < -0.39 is 0 Å². The molecule has 0 saturated carbocycles. The monoisotopic (exact) mass is 329 g/mol. The van der Waals surface area contributed by atoms with Crippen LogP contribution in [0.4, 0.5) is 11.4 Å². The third-order valence-electron chi connectivity index (χ3n) is 3.03. The summed E-state index contributed by atoms with van der Waals surface area (Å²) in [6, 6.07) is 5.13. The molecule has 0 radical (unpaired) electrons. The lowest BCUT2D eigenvalue weighted by Gasteiger charge is -2.32. The van der Waals surface area contributed by atoms with Crippen LogP contribution in [0.1, 0.15) is 20.8 Å². The molecule has 0 amide bonds. The average Bonchev–Trinajstić information content (AvgIpc) is 2.36. The maximum Gasteiger partial charge on any atom is 0.293 e. The summed E-state index contributed by atoms with van der Waals surface area (Å²) in [5.41, 5.74) is 6.41. The van der Waals surface area contributed by atoms with Crippen LogP contribution in [-0.4, -0.2) is 24.6 Å². The topological polar surface area (TPSA) is 72.4 Å². The number of nitro groups is 1. The van der Waals surface area contributed by atoms with Crippen LogP contribution < -0.4 is 10.6 Å². The number of benzene rings is 1. The van der Waals surface area contributed by atoms with Gasteiger partial charge in [-0.2, -0.15) is 0 Å². The summed E-state index contributed by atoms with van der Waals surface area (Å²) in [6.07, 6.45) is 0. The summed E-state index contributed by atoms with van der Waals surface area (Å²) in [4.78, 5) is 12.8. The van der Waals surface area contributed by atoms with E-state index >= 15 is 0 Å². The van der Waals surface area contributed by atoms with Gasteiger partial charge in [0.25, 0.3) is 5.69 Å². The second-order valence-electron chi connectivity index (χ2n) is 5.27. The molecule has 0 fully saturated rings. The van der Waals surface area contributed by atoms with Crippen LogP contribution in [0.25, 0.3) is 0 Å². The summed E-state index contributed by atoms with van der Waals surface area (Å²) in [6.45, 7) is 8.02. The van der Waals surface area contributed by atoms with Crippen molar-refractivity contribution in [2.75, 3.05) is 24.5 Å². The Hall–Kier alpha value is -1.14. The summed E-state index contributed by atoms with van der Waals surface area (Å²) >= 11 is 3.27. The number of hydrogen-bond donors (Lipinski definition) is 1. The van der Waals surface area contributed by atoms with E-state index in [9.17, 15) is 10.1 Å². The highest BCUT2D eigenvalue weighted by atomic mass is 79.9. The summed E-state index contributed by atoms with van der Waals surface area (Å²) in [7, 11) is 0. The van der Waals surface area contributed by atoms with Gasteiger partial charge >= 0.3 is 0 Å². The molecule has 2 N–H and O–H groups in total. The second-order valence-corrected chi connectivity index (χ2v) is 6.19. The first-order chi connectivity index (χ1) is 8.80. The van der Waals surface area contributed by atoms with Gasteiger partial charge < -0.3 is 10.6 Å². The van der Waals surface area contributed by atoms with Gasteiger partial charge in [0.05, 0.1) is 4.92 Å². The van der Waals surface area contributed by atoms with Crippen LogP contribution in [0.5, 0.6) is 0 Å². The third-order valence-corrected chi connectivity index (χ3v) is 3.52. The first-order valence-corrected chi connectivity index (χ1v) is 6.99. The molecule has 0 aliphatic rings. The van der Waals surface area contributed by atoms with Crippen LogP contribution in [0.15, 0.2) is 22.7 Å². The first-order valence-electron chi connectivity index (χ1n) is 6.19. The van der Waals surface area contributed by atoms with Crippen LogP contribution in [0.2, 0.25) is 0 Å². The molecule has 0 aliphatic heterocycles. The van der Waals surface area contributed by atoms with Gasteiger partial charge in [-0.25, -0.2) is 0 Å². The predicted molar refractivity (Wildman–Crippen MR) is 81.5 cm³/mol. The van der Waals surface area contributed by atoms with Gasteiger partial charge in [-0.05, 0) is 31.0 Å². The third kappa shape index (κ3) is 4.18. The molecule has 0 unspecified atom stereocenters. The minimum atomic E-state index is -0.349. The van der Waals surface area contributed by atoms with Gasteiger partial charge in [-0.15, -0.1) is 0 Å². The van der Waals surface area contributed by atoms with Crippen molar-refractivity contribution in [1.29, 1.82) is 0 Å². The van der Waals surface area contributed by atoms with Crippen molar-refractivity contribution in [3.8, 4) is 0 Å². The van der Waals surface area contributed by atoms with E-state index in [0.717, 1.165) is 0 Å². The van der Waals surface area contributed by atoms with Gasteiger partial charge in [-0.1, -0.05) is 29.8 Å². The van der Waals surface area contributed by atoms with Crippen molar-refractivity contribution in [2.24, 2.45) is 11.1 Å². The molecule has 106 valence electrons. The standard InChI is InChI=1S/C13H20BrN3O2/c1-4-16(9-13(2,3)8-15)11-6-5-10(14)7-12(11)17(18)19/h5-7H,4,8-9,15H2,1-3H3. The molecule has 0 spiro atoms. The molecule has 19 heavy (non-hydrogen) atoms. The van der Waals surface area contributed by atoms with Gasteiger partial charge in [0.15, 0.2) is 0 Å². The molecule has 0 aliphatic carbocycles. The summed E-state index contributed by atoms with van der Waals surface area (Å²) in [5.74, 6) is 0. The molecule has 0 heterocycles. The maximum absolute atomic E-state index is 11.2. The van der Waals surface area contributed by atoms with Gasteiger partial charge in [0, 0.05) is 23.6 Å². The van der Waals surface area contributed by atoms with Crippen molar-refractivity contribution in [2.45, 2.75) is 20.8 Å². The highest BCUT2D eigenvalue weighted by Crippen LogP contribution is 2.32. The number of halogens is 1. The second kappa shape index (κ2) is 6.34. The van der Waals surface area contributed by atoms with E-state index in [1.165, 1.54) is 6.07 Å². The molecule has 5 nitrogen and oxygen atoms in total. The smallest absolute Gasteiger partial charge is 0.293 e. The van der Waals surface area contributed by atoms with Crippen LogP contribution in [-0.2, 0) is 0 Å². The zero-order chi connectivity index (χ0) is 14.6. The number of rotatable bonds is 6. The molecular weight excluding hydrogens is 310 g/mol. The Labute approximate surface area is 122 Å². The highest BCUT2D eigenvalue weighted by Gasteiger charge is 2.24. The lowest BCUT2D eigenvalue weighted by Crippen LogP contribution is -2.39. The molecule has 0 aromatic heterocycles. The molecule has 1 rings (SSSR count). The Balaban J connectivity index is 3.15. The summed E-state index contributed by atoms with van der Waals surface area (Å²) in [5, 5.41) is 11.2. The van der Waals surface area contributed by atoms with Crippen LogP contribution >= 0.6 is 15.9 Å². The molecular formula is C13H20BrN3O2. The number of nitrogens with zero attached hydrogens (tertiary/aromatic N) is 2. The van der Waals surface area contributed by atoms with E-state index in [1.807, 2.05) is 17.9 Å². The van der Waals surface area contributed by atoms with Gasteiger partial charge in [0.1, 0.15) is 5.69 Å². The molecule has 0 bridgehead atoms. The number of hydrogen-bond acceptors (Lipinski definition) is 4. The minimum Gasteiger partial charge on any atom is -0.366 e. The van der Waals surface area contributed by atoms with E-state index in [1.54, 1.807) is 6.07 Å². The van der Waals surface area contributed by atoms with E-state index in [4.69, 9.17) is 5.73 Å². The van der Waals surface area contributed by atoms with Crippen molar-refractivity contribution >= 4 is 27.3 Å². The molecule has 0 saturated heterocycles. The fraction of sp³-hybridized carbons (Fsp3) is 0.538. The minimum absolute atomic E-state index is 0.0864. The van der Waals surface area contributed by atoms with Crippen LogP contribution in [0, 0.1) is 15.5 Å². The van der Waals surface area contributed by atoms with Crippen LogP contribution in [0.3, 0.4) is 0 Å². The largest absolute Gasteiger partial charge is 0.366 e. The lowest BCUT2D eigenvalue weighted by atomic mass is 9.93. The normalized spacial score (nSPS) is 11.4. The van der Waals surface area contributed by atoms with E-state index in [-0.39, 0.29) is 16.0 Å². The fourth-order valence-electron chi connectivity index (χ4n) is 1.86. The van der Waals surface area contributed by atoms with Crippen molar-refractivity contribution < 1.29 is 4.92 Å². The highest BCUT2D eigenvalue weighted by molar-refractivity contribution is 9.10. The van der Waals surface area contributed by atoms with E-state index in [0.29, 0.717) is 29.8 Å². The maximum atomic E-state index is 11.2. The van der Waals surface area contributed by atoms with Gasteiger partial charge in [-0.3, -0.25) is 10.1 Å². The quantitative estimate of drug-likeness (QED) is 0.642. The molecule has 1 aromatic rings. The van der Waals surface area contributed by atoms with E-state index in [2.05, 4.69) is 29.8 Å². The van der Waals surface area contributed by atoms with Gasteiger partial charge in [0.2, 0.25) is 0 Å².